The van der Waals surface area contributed by atoms with E-state index in [4.69, 9.17) is 14.2 Å². The van der Waals surface area contributed by atoms with Gasteiger partial charge in [-0.15, -0.1) is 0 Å². The fourth-order valence-corrected chi connectivity index (χ4v) is 2.32. The van der Waals surface area contributed by atoms with Gasteiger partial charge in [0.15, 0.2) is 6.61 Å². The first-order chi connectivity index (χ1) is 10.6. The summed E-state index contributed by atoms with van der Waals surface area (Å²) in [6.07, 6.45) is 0. The zero-order valence-electron chi connectivity index (χ0n) is 12.3. The lowest BCUT2D eigenvalue weighted by Gasteiger charge is -2.12. The summed E-state index contributed by atoms with van der Waals surface area (Å²) in [5.74, 6) is 1.57. The lowest BCUT2D eigenvalue weighted by molar-refractivity contribution is -0.118. The number of hydrogen-bond acceptors (Lipinski definition) is 4. The summed E-state index contributed by atoms with van der Waals surface area (Å²) in [6, 6.07) is 12.7. The molecule has 2 aromatic rings. The van der Waals surface area contributed by atoms with E-state index in [1.165, 1.54) is 0 Å². The van der Waals surface area contributed by atoms with E-state index in [1.54, 1.807) is 32.4 Å². The third-order valence-electron chi connectivity index (χ3n) is 2.85. The molecule has 0 aliphatic rings. The van der Waals surface area contributed by atoms with Gasteiger partial charge >= 0.3 is 0 Å². The highest BCUT2D eigenvalue weighted by molar-refractivity contribution is 14.1. The summed E-state index contributed by atoms with van der Waals surface area (Å²) < 4.78 is 16.9. The number of hydrogen-bond donors (Lipinski definition) is 1. The second kappa shape index (κ2) is 7.88. The van der Waals surface area contributed by atoms with Crippen molar-refractivity contribution in [3.05, 3.63) is 46.0 Å². The molecule has 0 fully saturated rings. The number of nitrogens with one attached hydrogen (secondary N) is 1. The number of methoxy groups -OCH3 is 2. The number of carbonyl (C=O) groups is 1. The van der Waals surface area contributed by atoms with Crippen LogP contribution in [0.2, 0.25) is 0 Å². The van der Waals surface area contributed by atoms with E-state index in [2.05, 4.69) is 27.9 Å². The van der Waals surface area contributed by atoms with Crippen LogP contribution in [-0.4, -0.2) is 26.7 Å². The van der Waals surface area contributed by atoms with Crippen LogP contribution < -0.4 is 19.5 Å². The first-order valence-electron chi connectivity index (χ1n) is 6.52. The molecule has 5 nitrogen and oxygen atoms in total. The van der Waals surface area contributed by atoms with Gasteiger partial charge in [0.05, 0.1) is 19.9 Å². The summed E-state index contributed by atoms with van der Waals surface area (Å²) in [4.78, 5) is 12.0. The van der Waals surface area contributed by atoms with Crippen LogP contribution in [0.3, 0.4) is 0 Å². The van der Waals surface area contributed by atoms with Gasteiger partial charge in [-0.3, -0.25) is 4.79 Å². The van der Waals surface area contributed by atoms with E-state index in [0.29, 0.717) is 22.9 Å². The zero-order chi connectivity index (χ0) is 15.9. The number of anilines is 1. The fraction of sp³-hybridized carbons (Fsp3) is 0.188. The Morgan fingerprint density at radius 3 is 2.59 bits per heavy atom. The van der Waals surface area contributed by atoms with Crippen LogP contribution in [0, 0.1) is 3.57 Å². The van der Waals surface area contributed by atoms with Gasteiger partial charge in [0.2, 0.25) is 0 Å². The number of halogens is 1. The van der Waals surface area contributed by atoms with Crippen LogP contribution in [0.15, 0.2) is 42.5 Å². The minimum Gasteiger partial charge on any atom is -0.497 e. The van der Waals surface area contributed by atoms with Crippen molar-refractivity contribution in [2.75, 3.05) is 26.1 Å². The Labute approximate surface area is 142 Å². The van der Waals surface area contributed by atoms with Crippen LogP contribution in [0.1, 0.15) is 0 Å². The zero-order valence-corrected chi connectivity index (χ0v) is 14.4. The van der Waals surface area contributed by atoms with Crippen molar-refractivity contribution in [3.63, 3.8) is 0 Å². The molecule has 2 rings (SSSR count). The lowest BCUT2D eigenvalue weighted by atomic mass is 10.2. The van der Waals surface area contributed by atoms with Gasteiger partial charge in [0.25, 0.3) is 5.91 Å². The van der Waals surface area contributed by atoms with Crippen LogP contribution in [-0.2, 0) is 4.79 Å². The minimum absolute atomic E-state index is 0.0829. The molecule has 6 heteroatoms. The quantitative estimate of drug-likeness (QED) is 0.739. The van der Waals surface area contributed by atoms with E-state index in [-0.39, 0.29) is 12.5 Å². The molecular formula is C16H16INO4. The maximum Gasteiger partial charge on any atom is 0.262 e. The predicted molar refractivity (Wildman–Crippen MR) is 92.8 cm³/mol. The van der Waals surface area contributed by atoms with Gasteiger partial charge in [0, 0.05) is 9.64 Å². The van der Waals surface area contributed by atoms with Gasteiger partial charge in [-0.25, -0.2) is 0 Å². The number of rotatable bonds is 6. The number of benzene rings is 2. The highest BCUT2D eigenvalue weighted by Gasteiger charge is 2.10. The standard InChI is InChI=1S/C16H16INO4/c1-20-12-6-7-15(21-2)14(9-12)18-16(19)10-22-13-5-3-4-11(17)8-13/h3-9H,10H2,1-2H3,(H,18,19). The van der Waals surface area contributed by atoms with E-state index in [1.807, 2.05) is 24.3 Å². The number of ether oxygens (including phenoxy) is 3. The van der Waals surface area contributed by atoms with Crippen molar-refractivity contribution >= 4 is 34.2 Å². The Morgan fingerprint density at radius 1 is 1.09 bits per heavy atom. The van der Waals surface area contributed by atoms with E-state index in [0.717, 1.165) is 3.57 Å². The molecule has 0 atom stereocenters. The topological polar surface area (TPSA) is 56.8 Å². The lowest BCUT2D eigenvalue weighted by Crippen LogP contribution is -2.20. The molecule has 116 valence electrons. The van der Waals surface area contributed by atoms with Crippen molar-refractivity contribution in [3.8, 4) is 17.2 Å². The van der Waals surface area contributed by atoms with Crippen LogP contribution >= 0.6 is 22.6 Å². The Bertz CT molecular complexity index is 660. The SMILES string of the molecule is COc1ccc(OC)c(NC(=O)COc2cccc(I)c2)c1. The third kappa shape index (κ3) is 4.52. The van der Waals surface area contributed by atoms with Crippen LogP contribution in [0.25, 0.3) is 0 Å². The summed E-state index contributed by atoms with van der Waals surface area (Å²) in [6.45, 7) is -0.0829. The molecule has 1 amide bonds. The molecule has 0 aromatic heterocycles. The van der Waals surface area contributed by atoms with E-state index >= 15 is 0 Å². The number of carbonyl (C=O) groups excluding carboxylic acids is 1. The molecule has 0 unspecified atom stereocenters. The maximum absolute atomic E-state index is 12.0. The average Bonchev–Trinajstić information content (AvgIpc) is 2.53. The van der Waals surface area contributed by atoms with Crippen LogP contribution in [0.4, 0.5) is 5.69 Å². The maximum atomic E-state index is 12.0. The Kier molecular flexibility index (Phi) is 5.88. The first-order valence-corrected chi connectivity index (χ1v) is 7.60. The Balaban J connectivity index is 1.99. The van der Waals surface area contributed by atoms with Gasteiger partial charge in [-0.05, 0) is 52.9 Å². The molecule has 1 N–H and O–H groups in total. The second-order valence-corrected chi connectivity index (χ2v) is 5.61. The summed E-state index contributed by atoms with van der Waals surface area (Å²) in [5, 5.41) is 2.75. The number of amides is 1. The normalized spacial score (nSPS) is 9.95. The molecule has 0 bridgehead atoms. The summed E-state index contributed by atoms with van der Waals surface area (Å²) in [5.41, 5.74) is 0.540. The molecular weight excluding hydrogens is 397 g/mol. The van der Waals surface area contributed by atoms with Crippen molar-refractivity contribution in [2.45, 2.75) is 0 Å². The Hall–Kier alpha value is -1.96. The summed E-state index contributed by atoms with van der Waals surface area (Å²) >= 11 is 2.19. The third-order valence-corrected chi connectivity index (χ3v) is 3.52. The smallest absolute Gasteiger partial charge is 0.262 e. The average molecular weight is 413 g/mol. The molecule has 0 saturated heterocycles. The van der Waals surface area contributed by atoms with Crippen molar-refractivity contribution in [1.29, 1.82) is 0 Å². The second-order valence-electron chi connectivity index (χ2n) is 4.36. The molecule has 2 aromatic carbocycles. The molecule has 0 radical (unpaired) electrons. The van der Waals surface area contributed by atoms with Gasteiger partial charge in [-0.1, -0.05) is 6.07 Å². The van der Waals surface area contributed by atoms with Crippen molar-refractivity contribution in [1.82, 2.24) is 0 Å². The van der Waals surface area contributed by atoms with Gasteiger partial charge < -0.3 is 19.5 Å². The predicted octanol–water partition coefficient (Wildman–Crippen LogP) is 3.33. The van der Waals surface area contributed by atoms with E-state index < -0.39 is 0 Å². The van der Waals surface area contributed by atoms with E-state index in [9.17, 15) is 4.79 Å². The van der Waals surface area contributed by atoms with Gasteiger partial charge in [-0.2, -0.15) is 0 Å². The van der Waals surface area contributed by atoms with Crippen molar-refractivity contribution in [2.24, 2.45) is 0 Å². The minimum atomic E-state index is -0.273. The molecule has 0 aliphatic carbocycles. The summed E-state index contributed by atoms with van der Waals surface area (Å²) in [7, 11) is 3.10. The van der Waals surface area contributed by atoms with Crippen LogP contribution in [0.5, 0.6) is 17.2 Å². The van der Waals surface area contributed by atoms with Gasteiger partial charge in [0.1, 0.15) is 17.2 Å². The monoisotopic (exact) mass is 413 g/mol. The molecule has 0 spiro atoms. The first kappa shape index (κ1) is 16.4. The molecule has 0 saturated carbocycles. The Morgan fingerprint density at radius 2 is 1.91 bits per heavy atom. The molecule has 0 heterocycles. The highest BCUT2D eigenvalue weighted by Crippen LogP contribution is 2.28. The largest absolute Gasteiger partial charge is 0.497 e. The highest BCUT2D eigenvalue weighted by atomic mass is 127. The van der Waals surface area contributed by atoms with Crippen molar-refractivity contribution < 1.29 is 19.0 Å². The molecule has 22 heavy (non-hydrogen) atoms. The molecule has 0 aliphatic heterocycles. The fourth-order valence-electron chi connectivity index (χ4n) is 1.80.